The SMILES string of the molecule is C[C@H]1Oc2cc(cnc2N)/C(NCC2CC2)=C(/C=N)CC2NN(C)C=C2c2ccc(F)cc21. The van der Waals surface area contributed by atoms with E-state index in [1.807, 2.05) is 31.2 Å². The molecule has 2 aromatic rings. The largest absolute Gasteiger partial charge is 0.482 e. The second kappa shape index (κ2) is 8.51. The third kappa shape index (κ3) is 4.30. The zero-order valence-corrected chi connectivity index (χ0v) is 18.9. The molecule has 0 spiro atoms. The van der Waals surface area contributed by atoms with Gasteiger partial charge in [-0.1, -0.05) is 6.07 Å². The van der Waals surface area contributed by atoms with E-state index in [-0.39, 0.29) is 17.7 Å². The fourth-order valence-electron chi connectivity index (χ4n) is 4.56. The summed E-state index contributed by atoms with van der Waals surface area (Å²) >= 11 is 0. The molecule has 0 saturated heterocycles. The third-order valence-electron chi connectivity index (χ3n) is 6.49. The predicted octanol–water partition coefficient (Wildman–Crippen LogP) is 3.87. The van der Waals surface area contributed by atoms with Crippen LogP contribution >= 0.6 is 0 Å². The second-order valence-electron chi connectivity index (χ2n) is 9.05. The quantitative estimate of drug-likeness (QED) is 0.530. The lowest BCUT2D eigenvalue weighted by Crippen LogP contribution is -2.34. The first-order valence-corrected chi connectivity index (χ1v) is 11.3. The first-order valence-electron chi connectivity index (χ1n) is 11.3. The van der Waals surface area contributed by atoms with Crippen molar-refractivity contribution in [1.82, 2.24) is 20.7 Å². The van der Waals surface area contributed by atoms with E-state index in [1.165, 1.54) is 31.2 Å². The number of hydrogen-bond acceptors (Lipinski definition) is 7. The number of hydrogen-bond donors (Lipinski definition) is 4. The highest BCUT2D eigenvalue weighted by molar-refractivity contribution is 5.90. The molecule has 1 fully saturated rings. The third-order valence-corrected chi connectivity index (χ3v) is 6.49. The topological polar surface area (TPSA) is 99.3 Å². The Bertz CT molecular complexity index is 1160. The first-order chi connectivity index (χ1) is 15.9. The predicted molar refractivity (Wildman–Crippen MR) is 128 cm³/mol. The Hall–Kier alpha value is -3.39. The summed E-state index contributed by atoms with van der Waals surface area (Å²) < 4.78 is 20.5. The standard InChI is InChI=1S/C25H29FN6O/c1-14-20-9-18(26)5-6-19(20)21-13-32(2)31-22(21)7-16(10-27)24(29-11-15-3-4-15)17-8-23(33-14)25(28)30-12-17/h5-6,8-10,12-15,22,27,29,31H,3-4,7,11H2,1-2H3,(H2,28,30)/b24-16-,27-10?/t14-,22?/m1/s1. The van der Waals surface area contributed by atoms with Crippen LogP contribution in [-0.2, 0) is 0 Å². The van der Waals surface area contributed by atoms with Crippen LogP contribution in [0.2, 0.25) is 0 Å². The Morgan fingerprint density at radius 1 is 1.36 bits per heavy atom. The van der Waals surface area contributed by atoms with Gasteiger partial charge >= 0.3 is 0 Å². The Morgan fingerprint density at radius 3 is 2.94 bits per heavy atom. The zero-order valence-electron chi connectivity index (χ0n) is 18.9. The second-order valence-corrected chi connectivity index (χ2v) is 9.05. The molecule has 1 aromatic heterocycles. The average Bonchev–Trinajstić information content (AvgIpc) is 3.55. The maximum atomic E-state index is 14.3. The number of fused-ring (bicyclic) bond motifs is 5. The summed E-state index contributed by atoms with van der Waals surface area (Å²) in [6, 6.07) is 6.57. The van der Waals surface area contributed by atoms with E-state index in [0.29, 0.717) is 18.1 Å². The van der Waals surface area contributed by atoms with Gasteiger partial charge in [-0.05, 0) is 67.0 Å². The summed E-state index contributed by atoms with van der Waals surface area (Å²) in [5.41, 5.74) is 14.8. The molecule has 1 unspecified atom stereocenters. The maximum Gasteiger partial charge on any atom is 0.166 e. The Kier molecular flexibility index (Phi) is 5.54. The Morgan fingerprint density at radius 2 is 2.18 bits per heavy atom. The first kappa shape index (κ1) is 21.5. The van der Waals surface area contributed by atoms with Gasteiger partial charge in [0.1, 0.15) is 11.9 Å². The lowest BCUT2D eigenvalue weighted by Gasteiger charge is -2.25. The number of rotatable bonds is 4. The van der Waals surface area contributed by atoms with Gasteiger partial charge in [-0.15, -0.1) is 0 Å². The van der Waals surface area contributed by atoms with Crippen LogP contribution in [0, 0.1) is 17.1 Å². The zero-order chi connectivity index (χ0) is 23.1. The van der Waals surface area contributed by atoms with E-state index < -0.39 is 6.10 Å². The minimum atomic E-state index is -0.448. The molecule has 1 aromatic carbocycles. The highest BCUT2D eigenvalue weighted by Crippen LogP contribution is 2.38. The van der Waals surface area contributed by atoms with Gasteiger partial charge in [-0.3, -0.25) is 0 Å². The molecule has 1 saturated carbocycles. The number of benzene rings is 1. The van der Waals surface area contributed by atoms with Gasteiger partial charge in [0.15, 0.2) is 11.6 Å². The number of nitrogen functional groups attached to an aromatic ring is 1. The molecule has 5 rings (SSSR count). The van der Waals surface area contributed by atoms with Crippen LogP contribution in [0.1, 0.15) is 49.0 Å². The van der Waals surface area contributed by atoms with Crippen molar-refractivity contribution in [2.24, 2.45) is 5.92 Å². The summed E-state index contributed by atoms with van der Waals surface area (Å²) in [5, 5.41) is 13.7. The molecule has 2 atom stereocenters. The lowest BCUT2D eigenvalue weighted by atomic mass is 9.89. The number of nitrogens with one attached hydrogen (secondary N) is 3. The van der Waals surface area contributed by atoms with Crippen LogP contribution in [0.5, 0.6) is 5.75 Å². The number of nitrogens with two attached hydrogens (primary N) is 1. The summed E-state index contributed by atoms with van der Waals surface area (Å²) in [6.07, 6.45) is 7.73. The molecule has 3 heterocycles. The highest BCUT2D eigenvalue weighted by atomic mass is 19.1. The Labute approximate surface area is 193 Å². The van der Waals surface area contributed by atoms with Crippen LogP contribution in [0.3, 0.4) is 0 Å². The normalized spacial score (nSPS) is 24.6. The van der Waals surface area contributed by atoms with Gasteiger partial charge in [0.2, 0.25) is 0 Å². The maximum absolute atomic E-state index is 14.3. The van der Waals surface area contributed by atoms with E-state index in [4.69, 9.17) is 15.9 Å². The lowest BCUT2D eigenvalue weighted by molar-refractivity contribution is 0.226. The van der Waals surface area contributed by atoms with Gasteiger partial charge in [-0.25, -0.2) is 14.8 Å². The molecule has 5 N–H and O–H groups in total. The fraction of sp³-hybridized carbons (Fsp3) is 0.360. The van der Waals surface area contributed by atoms with E-state index in [1.54, 1.807) is 12.3 Å². The number of anilines is 1. The van der Waals surface area contributed by atoms with Gasteiger partial charge in [0, 0.05) is 49.0 Å². The number of halogens is 1. The highest BCUT2D eigenvalue weighted by Gasteiger charge is 2.30. The summed E-state index contributed by atoms with van der Waals surface area (Å²) in [4.78, 5) is 4.37. The van der Waals surface area contributed by atoms with Gasteiger partial charge < -0.3 is 26.2 Å². The van der Waals surface area contributed by atoms with Crippen molar-refractivity contribution < 1.29 is 9.13 Å². The van der Waals surface area contributed by atoms with Crippen LogP contribution in [0.25, 0.3) is 11.3 Å². The van der Waals surface area contributed by atoms with Crippen molar-refractivity contribution in [3.05, 3.63) is 64.7 Å². The van der Waals surface area contributed by atoms with E-state index in [0.717, 1.165) is 40.1 Å². The van der Waals surface area contributed by atoms with Crippen molar-refractivity contribution in [2.75, 3.05) is 19.3 Å². The van der Waals surface area contributed by atoms with Gasteiger partial charge in [0.05, 0.1) is 6.04 Å². The average molecular weight is 449 g/mol. The minimum Gasteiger partial charge on any atom is -0.482 e. The van der Waals surface area contributed by atoms with Crippen LogP contribution in [0.15, 0.2) is 42.2 Å². The molecule has 33 heavy (non-hydrogen) atoms. The van der Waals surface area contributed by atoms with Crippen LogP contribution in [-0.4, -0.2) is 35.8 Å². The van der Waals surface area contributed by atoms with Crippen LogP contribution < -0.4 is 21.2 Å². The number of hydrazine groups is 1. The molecular formula is C25H29FN6O. The van der Waals surface area contributed by atoms with Gasteiger partial charge in [0.25, 0.3) is 0 Å². The molecule has 0 radical (unpaired) electrons. The van der Waals surface area contributed by atoms with Crippen molar-refractivity contribution in [1.29, 1.82) is 5.41 Å². The smallest absolute Gasteiger partial charge is 0.166 e. The number of ether oxygens (including phenoxy) is 1. The molecule has 172 valence electrons. The van der Waals surface area contributed by atoms with Gasteiger partial charge in [-0.2, -0.15) is 0 Å². The molecule has 2 bridgehead atoms. The van der Waals surface area contributed by atoms with Crippen molar-refractivity contribution in [3.63, 3.8) is 0 Å². The fourth-order valence-corrected chi connectivity index (χ4v) is 4.56. The molecule has 2 aliphatic heterocycles. The molecular weight excluding hydrogens is 419 g/mol. The van der Waals surface area contributed by atoms with Crippen molar-refractivity contribution >= 4 is 23.3 Å². The van der Waals surface area contributed by atoms with E-state index in [9.17, 15) is 4.39 Å². The molecule has 1 aliphatic carbocycles. The molecule has 0 amide bonds. The Balaban J connectivity index is 1.68. The monoisotopic (exact) mass is 448 g/mol. The van der Waals surface area contributed by atoms with Crippen molar-refractivity contribution in [3.8, 4) is 5.75 Å². The molecule has 8 heteroatoms. The molecule has 3 aliphatic rings. The molecule has 7 nitrogen and oxygen atoms in total. The summed E-state index contributed by atoms with van der Waals surface area (Å²) in [5.74, 6) is 1.06. The van der Waals surface area contributed by atoms with E-state index in [2.05, 4.69) is 15.7 Å². The van der Waals surface area contributed by atoms with Crippen LogP contribution in [0.4, 0.5) is 10.2 Å². The van der Waals surface area contributed by atoms with E-state index >= 15 is 0 Å². The summed E-state index contributed by atoms with van der Waals surface area (Å²) in [6.45, 7) is 2.75. The summed E-state index contributed by atoms with van der Waals surface area (Å²) in [7, 11) is 1.94. The number of nitrogens with zero attached hydrogens (tertiary/aromatic N) is 2. The number of pyridine rings is 1. The van der Waals surface area contributed by atoms with Crippen molar-refractivity contribution in [2.45, 2.75) is 38.3 Å². The minimum absolute atomic E-state index is 0.0821. The number of aromatic nitrogens is 1.